The molecule has 172 valence electrons. The predicted molar refractivity (Wildman–Crippen MR) is 122 cm³/mol. The first-order valence-corrected chi connectivity index (χ1v) is 12.8. The molecule has 0 aromatic heterocycles. The van der Waals surface area contributed by atoms with E-state index >= 15 is 0 Å². The van der Waals surface area contributed by atoms with Gasteiger partial charge < -0.3 is 15.3 Å². The average Bonchev–Trinajstić information content (AvgIpc) is 2.99. The molecule has 0 radical (unpaired) electrons. The Morgan fingerprint density at radius 1 is 1.07 bits per heavy atom. The van der Waals surface area contributed by atoms with Crippen molar-refractivity contribution in [2.45, 2.75) is 117 Å². The molecule has 0 aromatic carbocycles. The van der Waals surface area contributed by atoms with Crippen LogP contribution in [-0.2, 0) is 0 Å². The monoisotopic (exact) mass is 418 g/mol. The van der Waals surface area contributed by atoms with Crippen molar-refractivity contribution in [3.63, 3.8) is 0 Å². The highest BCUT2D eigenvalue weighted by Crippen LogP contribution is 2.67. The van der Waals surface area contributed by atoms with Crippen LogP contribution in [0.25, 0.3) is 0 Å². The Hall–Kier alpha value is -0.380. The van der Waals surface area contributed by atoms with Crippen molar-refractivity contribution in [3.8, 4) is 0 Å². The summed E-state index contributed by atoms with van der Waals surface area (Å²) in [5, 5.41) is 31.6. The highest BCUT2D eigenvalue weighted by atomic mass is 16.3. The van der Waals surface area contributed by atoms with Crippen LogP contribution in [0.2, 0.25) is 0 Å². The van der Waals surface area contributed by atoms with Crippen LogP contribution >= 0.6 is 0 Å². The van der Waals surface area contributed by atoms with Gasteiger partial charge in [0.2, 0.25) is 0 Å². The lowest BCUT2D eigenvalue weighted by atomic mass is 9.46. The largest absolute Gasteiger partial charge is 0.393 e. The van der Waals surface area contributed by atoms with Gasteiger partial charge in [0.1, 0.15) is 0 Å². The summed E-state index contributed by atoms with van der Waals surface area (Å²) in [7, 11) is 0. The van der Waals surface area contributed by atoms with E-state index in [4.69, 9.17) is 0 Å². The molecule has 3 heteroatoms. The van der Waals surface area contributed by atoms with Gasteiger partial charge in [-0.3, -0.25) is 0 Å². The second-order valence-electron chi connectivity index (χ2n) is 12.7. The summed E-state index contributed by atoms with van der Waals surface area (Å²) in [5.74, 6) is 3.01. The standard InChI is InChI=1S/C27H46O3/c1-17(7-6-12-25(2,3)30)20-8-9-21-24-22(11-14-27(20,21)5)26(4)13-10-19(28)15-18(26)16-23(24)29/h16-17,19-24,28-30H,6-15H2,1-5H3/t17-,19+,20-,21+,22+,23-,24-,26-,27+/m1/s1. The number of aliphatic hydroxyl groups is 3. The van der Waals surface area contributed by atoms with Gasteiger partial charge in [-0.05, 0) is 106 Å². The molecule has 3 saturated carbocycles. The Labute approximate surface area is 184 Å². The maximum absolute atomic E-state index is 11.3. The molecule has 30 heavy (non-hydrogen) atoms. The minimum absolute atomic E-state index is 0.181. The molecule has 4 rings (SSSR count). The van der Waals surface area contributed by atoms with E-state index in [0.717, 1.165) is 38.0 Å². The second kappa shape index (κ2) is 7.89. The topological polar surface area (TPSA) is 60.7 Å². The van der Waals surface area contributed by atoms with Gasteiger partial charge in [-0.2, -0.15) is 0 Å². The number of fused-ring (bicyclic) bond motifs is 5. The molecule has 4 aliphatic rings. The third kappa shape index (κ3) is 3.82. The molecule has 3 nitrogen and oxygen atoms in total. The molecule has 4 aliphatic carbocycles. The van der Waals surface area contributed by atoms with E-state index in [1.165, 1.54) is 37.7 Å². The van der Waals surface area contributed by atoms with Gasteiger partial charge in [-0.1, -0.05) is 45.3 Å². The van der Waals surface area contributed by atoms with Crippen molar-refractivity contribution < 1.29 is 15.3 Å². The van der Waals surface area contributed by atoms with Crippen LogP contribution < -0.4 is 0 Å². The molecule has 0 unspecified atom stereocenters. The Morgan fingerprint density at radius 3 is 2.50 bits per heavy atom. The molecule has 0 aliphatic heterocycles. The molecule has 0 amide bonds. The SMILES string of the molecule is C[C@H](CCCC(C)(C)O)[C@H]1CC[C@H]2[C@H]3[C@H](O)C=C4C[C@@H](O)CC[C@@]4(C)[C@H]3CC[C@@]12C. The molecule has 3 N–H and O–H groups in total. The summed E-state index contributed by atoms with van der Waals surface area (Å²) in [6.45, 7) is 11.2. The third-order valence-electron chi connectivity index (χ3n) is 10.3. The molecule has 0 heterocycles. The summed E-state index contributed by atoms with van der Waals surface area (Å²) >= 11 is 0. The van der Waals surface area contributed by atoms with Crippen molar-refractivity contribution in [2.24, 2.45) is 40.4 Å². The molecule has 3 fully saturated rings. The summed E-state index contributed by atoms with van der Waals surface area (Å²) in [6, 6.07) is 0. The fraction of sp³-hybridized carbons (Fsp3) is 0.926. The van der Waals surface area contributed by atoms with Gasteiger partial charge in [0.25, 0.3) is 0 Å². The first-order valence-electron chi connectivity index (χ1n) is 12.8. The van der Waals surface area contributed by atoms with Crippen LogP contribution in [0.3, 0.4) is 0 Å². The maximum Gasteiger partial charge on any atom is 0.0757 e. The molecule has 0 spiro atoms. The van der Waals surface area contributed by atoms with E-state index in [1.807, 2.05) is 13.8 Å². The smallest absolute Gasteiger partial charge is 0.0757 e. The minimum atomic E-state index is -0.556. The van der Waals surface area contributed by atoms with Crippen LogP contribution in [-0.4, -0.2) is 33.1 Å². The van der Waals surface area contributed by atoms with E-state index in [1.54, 1.807) is 0 Å². The fourth-order valence-corrected chi connectivity index (χ4v) is 8.66. The Balaban J connectivity index is 1.52. The lowest BCUT2D eigenvalue weighted by Crippen LogP contribution is -2.54. The van der Waals surface area contributed by atoms with E-state index in [9.17, 15) is 15.3 Å². The van der Waals surface area contributed by atoms with E-state index in [2.05, 4.69) is 26.8 Å². The van der Waals surface area contributed by atoms with E-state index < -0.39 is 5.60 Å². The van der Waals surface area contributed by atoms with Crippen molar-refractivity contribution in [1.29, 1.82) is 0 Å². The fourth-order valence-electron chi connectivity index (χ4n) is 8.66. The summed E-state index contributed by atoms with van der Waals surface area (Å²) in [5.41, 5.74) is 1.31. The van der Waals surface area contributed by atoms with Crippen LogP contribution in [0.5, 0.6) is 0 Å². The van der Waals surface area contributed by atoms with Gasteiger partial charge in [0.05, 0.1) is 17.8 Å². The van der Waals surface area contributed by atoms with Crippen LogP contribution in [0, 0.1) is 40.4 Å². The first-order chi connectivity index (χ1) is 14.0. The average molecular weight is 419 g/mol. The zero-order valence-electron chi connectivity index (χ0n) is 20.0. The number of hydrogen-bond acceptors (Lipinski definition) is 3. The van der Waals surface area contributed by atoms with Crippen LogP contribution in [0.1, 0.15) is 98.8 Å². The lowest BCUT2D eigenvalue weighted by molar-refractivity contribution is -0.0971. The highest BCUT2D eigenvalue weighted by molar-refractivity contribution is 5.27. The van der Waals surface area contributed by atoms with Gasteiger partial charge in [-0.25, -0.2) is 0 Å². The first kappa shape index (κ1) is 22.8. The molecular formula is C27H46O3. The second-order valence-corrected chi connectivity index (χ2v) is 12.7. The quantitative estimate of drug-likeness (QED) is 0.519. The Bertz CT molecular complexity index is 664. The summed E-state index contributed by atoms with van der Waals surface area (Å²) < 4.78 is 0. The van der Waals surface area contributed by atoms with E-state index in [0.29, 0.717) is 29.1 Å². The van der Waals surface area contributed by atoms with Gasteiger partial charge in [0, 0.05) is 0 Å². The zero-order valence-corrected chi connectivity index (χ0v) is 20.0. The lowest BCUT2D eigenvalue weighted by Gasteiger charge is -2.59. The summed E-state index contributed by atoms with van der Waals surface area (Å²) in [6.07, 6.45) is 12.6. The zero-order chi connectivity index (χ0) is 21.9. The van der Waals surface area contributed by atoms with Gasteiger partial charge >= 0.3 is 0 Å². The minimum Gasteiger partial charge on any atom is -0.393 e. The Morgan fingerprint density at radius 2 is 1.80 bits per heavy atom. The van der Waals surface area contributed by atoms with E-state index in [-0.39, 0.29) is 17.6 Å². The highest BCUT2D eigenvalue weighted by Gasteiger charge is 2.61. The van der Waals surface area contributed by atoms with Crippen molar-refractivity contribution in [2.75, 3.05) is 0 Å². The van der Waals surface area contributed by atoms with Crippen molar-refractivity contribution in [3.05, 3.63) is 11.6 Å². The number of aliphatic hydroxyl groups excluding tert-OH is 2. The molecule has 9 atom stereocenters. The molecular weight excluding hydrogens is 372 g/mol. The van der Waals surface area contributed by atoms with Gasteiger partial charge in [-0.15, -0.1) is 0 Å². The normalized spacial score (nSPS) is 47.1. The van der Waals surface area contributed by atoms with Crippen LogP contribution in [0.4, 0.5) is 0 Å². The molecule has 0 aromatic rings. The molecule has 0 bridgehead atoms. The summed E-state index contributed by atoms with van der Waals surface area (Å²) in [4.78, 5) is 0. The van der Waals surface area contributed by atoms with Crippen molar-refractivity contribution in [1.82, 2.24) is 0 Å². The Kier molecular flexibility index (Phi) is 5.99. The maximum atomic E-state index is 11.3. The number of rotatable bonds is 5. The van der Waals surface area contributed by atoms with Gasteiger partial charge in [0.15, 0.2) is 0 Å². The predicted octanol–water partition coefficient (Wildman–Crippen LogP) is 5.47. The molecule has 0 saturated heterocycles. The number of hydrogen-bond donors (Lipinski definition) is 3. The van der Waals surface area contributed by atoms with Crippen molar-refractivity contribution >= 4 is 0 Å². The third-order valence-corrected chi connectivity index (χ3v) is 10.3. The van der Waals surface area contributed by atoms with Crippen LogP contribution in [0.15, 0.2) is 11.6 Å².